The summed E-state index contributed by atoms with van der Waals surface area (Å²) in [6, 6.07) is 2.92. The molecule has 1 unspecified atom stereocenters. The molecule has 1 aromatic rings. The van der Waals surface area contributed by atoms with Crippen LogP contribution in [0.1, 0.15) is 19.3 Å². The first-order valence-corrected chi connectivity index (χ1v) is 7.67. The normalized spacial score (nSPS) is 22.7. The predicted molar refractivity (Wildman–Crippen MR) is 78.6 cm³/mol. The smallest absolute Gasteiger partial charge is 0.228 e. The molecule has 2 amide bonds. The molecular weight excluding hydrogens is 306 g/mol. The zero-order chi connectivity index (χ0) is 16.6. The average molecular weight is 324 g/mol. The third kappa shape index (κ3) is 3.34. The van der Waals surface area contributed by atoms with Crippen LogP contribution in [0.3, 0.4) is 0 Å². The van der Waals surface area contributed by atoms with Crippen molar-refractivity contribution in [3.63, 3.8) is 0 Å². The molecule has 1 atom stereocenters. The Morgan fingerprint density at radius 3 is 2.35 bits per heavy atom. The standard InChI is InChI=1S/C16H18F2N2O3/c17-11-6-12(18)8-13(7-11)20-9-10(5-15(20)22)16(23)19-3-1-14(21)2-4-19/h6-8,10,14,21H,1-5,9H2. The van der Waals surface area contributed by atoms with Crippen LogP contribution >= 0.6 is 0 Å². The number of benzene rings is 1. The summed E-state index contributed by atoms with van der Waals surface area (Å²) in [5.74, 6) is -2.47. The second-order valence-electron chi connectivity index (χ2n) is 6.09. The molecule has 0 aromatic heterocycles. The van der Waals surface area contributed by atoms with Crippen molar-refractivity contribution in [3.05, 3.63) is 29.8 Å². The Balaban J connectivity index is 1.70. The molecule has 124 valence electrons. The number of piperidine rings is 1. The van der Waals surface area contributed by atoms with Crippen molar-refractivity contribution in [2.45, 2.75) is 25.4 Å². The lowest BCUT2D eigenvalue weighted by Gasteiger charge is -2.31. The number of likely N-dealkylation sites (tertiary alicyclic amines) is 1. The second kappa shape index (κ2) is 6.23. The third-order valence-electron chi connectivity index (χ3n) is 4.41. The largest absolute Gasteiger partial charge is 0.393 e. The number of nitrogens with zero attached hydrogens (tertiary/aromatic N) is 2. The lowest BCUT2D eigenvalue weighted by molar-refractivity contribution is -0.137. The van der Waals surface area contributed by atoms with Gasteiger partial charge in [0.05, 0.1) is 12.0 Å². The summed E-state index contributed by atoms with van der Waals surface area (Å²) in [4.78, 5) is 27.5. The Hall–Kier alpha value is -2.02. The first-order valence-electron chi connectivity index (χ1n) is 7.67. The third-order valence-corrected chi connectivity index (χ3v) is 4.41. The second-order valence-corrected chi connectivity index (χ2v) is 6.09. The van der Waals surface area contributed by atoms with Crippen molar-refractivity contribution >= 4 is 17.5 Å². The molecule has 0 bridgehead atoms. The van der Waals surface area contributed by atoms with Gasteiger partial charge in [0.25, 0.3) is 0 Å². The minimum absolute atomic E-state index is 0.0377. The fourth-order valence-corrected chi connectivity index (χ4v) is 3.16. The Bertz CT molecular complexity index is 610. The van der Waals surface area contributed by atoms with Crippen LogP contribution < -0.4 is 4.90 Å². The molecule has 3 rings (SSSR count). The highest BCUT2D eigenvalue weighted by atomic mass is 19.1. The minimum atomic E-state index is -0.757. The first kappa shape index (κ1) is 15.9. The predicted octanol–water partition coefficient (Wildman–Crippen LogP) is 1.30. The molecule has 5 nitrogen and oxygen atoms in total. The van der Waals surface area contributed by atoms with Crippen molar-refractivity contribution in [3.8, 4) is 0 Å². The Labute approximate surface area is 132 Å². The zero-order valence-electron chi connectivity index (χ0n) is 12.5. The zero-order valence-corrected chi connectivity index (χ0v) is 12.5. The summed E-state index contributed by atoms with van der Waals surface area (Å²) < 4.78 is 26.6. The molecular formula is C16H18F2N2O3. The van der Waals surface area contributed by atoms with E-state index in [2.05, 4.69) is 0 Å². The Kier molecular flexibility index (Phi) is 4.30. The van der Waals surface area contributed by atoms with Gasteiger partial charge in [-0.05, 0) is 25.0 Å². The topological polar surface area (TPSA) is 60.9 Å². The molecule has 0 spiro atoms. The molecule has 23 heavy (non-hydrogen) atoms. The van der Waals surface area contributed by atoms with Crippen LogP contribution in [-0.2, 0) is 9.59 Å². The van der Waals surface area contributed by atoms with Crippen molar-refractivity contribution in [1.82, 2.24) is 4.90 Å². The summed E-state index contributed by atoms with van der Waals surface area (Å²) >= 11 is 0. The molecule has 0 saturated carbocycles. The van der Waals surface area contributed by atoms with E-state index in [-0.39, 0.29) is 36.6 Å². The van der Waals surface area contributed by atoms with Gasteiger partial charge in [-0.1, -0.05) is 0 Å². The fourth-order valence-electron chi connectivity index (χ4n) is 3.16. The number of aliphatic hydroxyl groups is 1. The number of halogens is 2. The number of aliphatic hydroxyl groups excluding tert-OH is 1. The van der Waals surface area contributed by atoms with E-state index in [0.29, 0.717) is 25.9 Å². The fraction of sp³-hybridized carbons (Fsp3) is 0.500. The van der Waals surface area contributed by atoms with E-state index in [1.807, 2.05) is 0 Å². The van der Waals surface area contributed by atoms with Crippen LogP contribution in [0.4, 0.5) is 14.5 Å². The maximum Gasteiger partial charge on any atom is 0.228 e. The van der Waals surface area contributed by atoms with Crippen LogP contribution in [0.15, 0.2) is 18.2 Å². The number of carbonyl (C=O) groups excluding carboxylic acids is 2. The van der Waals surface area contributed by atoms with E-state index in [4.69, 9.17) is 0 Å². The molecule has 7 heteroatoms. The highest BCUT2D eigenvalue weighted by Crippen LogP contribution is 2.28. The van der Waals surface area contributed by atoms with Crippen molar-refractivity contribution in [1.29, 1.82) is 0 Å². The number of rotatable bonds is 2. The molecule has 2 aliphatic rings. The van der Waals surface area contributed by atoms with Crippen LogP contribution in [-0.4, -0.2) is 47.6 Å². The van der Waals surface area contributed by atoms with Gasteiger partial charge in [0.2, 0.25) is 11.8 Å². The van der Waals surface area contributed by atoms with Gasteiger partial charge in [-0.15, -0.1) is 0 Å². The Morgan fingerprint density at radius 1 is 1.13 bits per heavy atom. The molecule has 1 aromatic carbocycles. The summed E-state index contributed by atoms with van der Waals surface area (Å²) in [7, 11) is 0. The SMILES string of the molecule is O=C(C1CC(=O)N(c2cc(F)cc(F)c2)C1)N1CCC(O)CC1. The van der Waals surface area contributed by atoms with Gasteiger partial charge in [-0.2, -0.15) is 0 Å². The number of carbonyl (C=O) groups is 2. The van der Waals surface area contributed by atoms with Gasteiger partial charge in [-0.3, -0.25) is 9.59 Å². The average Bonchev–Trinajstić information content (AvgIpc) is 2.88. The van der Waals surface area contributed by atoms with E-state index in [0.717, 1.165) is 18.2 Å². The number of amides is 2. The molecule has 2 fully saturated rings. The number of anilines is 1. The van der Waals surface area contributed by atoms with Gasteiger partial charge in [0, 0.05) is 37.8 Å². The van der Waals surface area contributed by atoms with E-state index in [1.165, 1.54) is 4.90 Å². The highest BCUT2D eigenvalue weighted by molar-refractivity contribution is 6.00. The van der Waals surface area contributed by atoms with Crippen LogP contribution in [0.25, 0.3) is 0 Å². The van der Waals surface area contributed by atoms with E-state index in [1.54, 1.807) is 4.90 Å². The first-order chi connectivity index (χ1) is 10.9. The quantitative estimate of drug-likeness (QED) is 0.892. The van der Waals surface area contributed by atoms with Crippen LogP contribution in [0.2, 0.25) is 0 Å². The molecule has 2 saturated heterocycles. The monoisotopic (exact) mass is 324 g/mol. The Morgan fingerprint density at radius 2 is 1.74 bits per heavy atom. The molecule has 0 radical (unpaired) electrons. The van der Waals surface area contributed by atoms with Crippen molar-refractivity contribution < 1.29 is 23.5 Å². The summed E-state index contributed by atoms with van der Waals surface area (Å²) in [5.41, 5.74) is 0.136. The van der Waals surface area contributed by atoms with Crippen LogP contribution in [0, 0.1) is 17.6 Å². The van der Waals surface area contributed by atoms with Crippen molar-refractivity contribution in [2.24, 2.45) is 5.92 Å². The summed E-state index contributed by atoms with van der Waals surface area (Å²) in [5, 5.41) is 9.49. The van der Waals surface area contributed by atoms with Gasteiger partial charge in [0.1, 0.15) is 11.6 Å². The van der Waals surface area contributed by atoms with Gasteiger partial charge in [-0.25, -0.2) is 8.78 Å². The molecule has 1 N–H and O–H groups in total. The van der Waals surface area contributed by atoms with E-state index in [9.17, 15) is 23.5 Å². The van der Waals surface area contributed by atoms with Gasteiger partial charge in [0.15, 0.2) is 0 Å². The summed E-state index contributed by atoms with van der Waals surface area (Å²) in [6.45, 7) is 1.07. The maximum absolute atomic E-state index is 13.3. The summed E-state index contributed by atoms with van der Waals surface area (Å²) in [6.07, 6.45) is 0.725. The number of hydrogen-bond donors (Lipinski definition) is 1. The molecule has 2 aliphatic heterocycles. The molecule has 0 aliphatic carbocycles. The van der Waals surface area contributed by atoms with Gasteiger partial charge < -0.3 is 14.9 Å². The highest BCUT2D eigenvalue weighted by Gasteiger charge is 2.38. The number of hydrogen-bond acceptors (Lipinski definition) is 3. The lowest BCUT2D eigenvalue weighted by atomic mass is 10.0. The lowest BCUT2D eigenvalue weighted by Crippen LogP contribution is -2.43. The molecule has 2 heterocycles. The minimum Gasteiger partial charge on any atom is -0.393 e. The van der Waals surface area contributed by atoms with E-state index >= 15 is 0 Å². The van der Waals surface area contributed by atoms with Crippen LogP contribution in [0.5, 0.6) is 0 Å². The maximum atomic E-state index is 13.3. The van der Waals surface area contributed by atoms with Gasteiger partial charge >= 0.3 is 0 Å². The van der Waals surface area contributed by atoms with E-state index < -0.39 is 17.6 Å². The van der Waals surface area contributed by atoms with Crippen molar-refractivity contribution in [2.75, 3.05) is 24.5 Å².